The highest BCUT2D eigenvalue weighted by Gasteiger charge is 2.23. The minimum absolute atomic E-state index is 0.0348. The average molecular weight is 420 g/mol. The SMILES string of the molecule is O=C(c1ccc(Cl)nc1)N1CCN(c2ccc3nnc(-c4ccccc4)n3n2)CC1. The largest absolute Gasteiger partial charge is 0.352 e. The number of amides is 1. The summed E-state index contributed by atoms with van der Waals surface area (Å²) in [6, 6.07) is 17.1. The van der Waals surface area contributed by atoms with Crippen molar-refractivity contribution >= 4 is 29.0 Å². The smallest absolute Gasteiger partial charge is 0.255 e. The molecule has 0 bridgehead atoms. The van der Waals surface area contributed by atoms with Gasteiger partial charge in [0.05, 0.1) is 5.56 Å². The van der Waals surface area contributed by atoms with Gasteiger partial charge in [0.15, 0.2) is 11.5 Å². The zero-order valence-electron chi connectivity index (χ0n) is 16.0. The Morgan fingerprint density at radius 1 is 0.900 bits per heavy atom. The van der Waals surface area contributed by atoms with Gasteiger partial charge in [-0.05, 0) is 24.3 Å². The maximum Gasteiger partial charge on any atom is 0.255 e. The third kappa shape index (κ3) is 3.46. The van der Waals surface area contributed by atoms with Crippen LogP contribution in [-0.4, -0.2) is 61.8 Å². The summed E-state index contributed by atoms with van der Waals surface area (Å²) in [5.41, 5.74) is 2.20. The molecule has 1 aromatic carbocycles. The molecule has 1 aliphatic heterocycles. The van der Waals surface area contributed by atoms with Gasteiger partial charge in [-0.2, -0.15) is 4.52 Å². The molecule has 0 aliphatic carbocycles. The van der Waals surface area contributed by atoms with Gasteiger partial charge < -0.3 is 9.80 Å². The fraction of sp³-hybridized carbons (Fsp3) is 0.190. The van der Waals surface area contributed by atoms with E-state index in [9.17, 15) is 4.79 Å². The van der Waals surface area contributed by atoms with Crippen LogP contribution in [0.2, 0.25) is 5.15 Å². The number of halogens is 1. The van der Waals surface area contributed by atoms with E-state index >= 15 is 0 Å². The number of rotatable bonds is 3. The van der Waals surface area contributed by atoms with E-state index < -0.39 is 0 Å². The highest BCUT2D eigenvalue weighted by Crippen LogP contribution is 2.20. The monoisotopic (exact) mass is 419 g/mol. The van der Waals surface area contributed by atoms with E-state index in [4.69, 9.17) is 16.7 Å². The molecular weight excluding hydrogens is 402 g/mol. The maximum absolute atomic E-state index is 12.7. The van der Waals surface area contributed by atoms with Crippen LogP contribution in [0.5, 0.6) is 0 Å². The summed E-state index contributed by atoms with van der Waals surface area (Å²) < 4.78 is 1.77. The van der Waals surface area contributed by atoms with Crippen molar-refractivity contribution in [2.75, 3.05) is 31.1 Å². The van der Waals surface area contributed by atoms with Crippen LogP contribution >= 0.6 is 11.6 Å². The first-order valence-corrected chi connectivity index (χ1v) is 10.0. The van der Waals surface area contributed by atoms with Gasteiger partial charge in [-0.15, -0.1) is 15.3 Å². The summed E-state index contributed by atoms with van der Waals surface area (Å²) in [4.78, 5) is 20.7. The number of hydrogen-bond acceptors (Lipinski definition) is 6. The number of aromatic nitrogens is 5. The van der Waals surface area contributed by atoms with Crippen LogP contribution in [0.4, 0.5) is 5.82 Å². The number of carbonyl (C=O) groups excluding carboxylic acids is 1. The molecule has 1 fully saturated rings. The predicted molar refractivity (Wildman–Crippen MR) is 114 cm³/mol. The molecule has 1 saturated heterocycles. The Hall–Kier alpha value is -3.52. The van der Waals surface area contributed by atoms with E-state index in [0.717, 1.165) is 11.4 Å². The quantitative estimate of drug-likeness (QED) is 0.475. The van der Waals surface area contributed by atoms with Gasteiger partial charge in [-0.3, -0.25) is 4.79 Å². The van der Waals surface area contributed by atoms with Gasteiger partial charge in [-0.25, -0.2) is 4.98 Å². The van der Waals surface area contributed by atoms with E-state index in [0.29, 0.717) is 48.4 Å². The first kappa shape index (κ1) is 18.5. The molecule has 5 rings (SSSR count). The lowest BCUT2D eigenvalue weighted by molar-refractivity contribution is 0.0746. The Bertz CT molecular complexity index is 1190. The average Bonchev–Trinajstić information content (AvgIpc) is 3.23. The van der Waals surface area contributed by atoms with E-state index in [1.165, 1.54) is 6.20 Å². The Labute approximate surface area is 177 Å². The minimum atomic E-state index is -0.0348. The molecule has 1 aliphatic rings. The normalized spacial score (nSPS) is 14.3. The molecule has 9 heteroatoms. The van der Waals surface area contributed by atoms with Gasteiger partial charge in [0.1, 0.15) is 11.0 Å². The fourth-order valence-electron chi connectivity index (χ4n) is 3.54. The molecule has 8 nitrogen and oxygen atoms in total. The van der Waals surface area contributed by atoms with Gasteiger partial charge in [0.2, 0.25) is 0 Å². The molecule has 0 unspecified atom stereocenters. The molecule has 1 amide bonds. The molecule has 0 N–H and O–H groups in total. The standard InChI is InChI=1S/C21H18ClN7O/c22-17-7-6-16(14-23-17)21(30)28-12-10-27(11-13-28)19-9-8-18-24-25-20(29(18)26-19)15-4-2-1-3-5-15/h1-9,14H,10-13H2. The molecule has 150 valence electrons. The molecule has 3 aromatic heterocycles. The van der Waals surface area contributed by atoms with Crippen molar-refractivity contribution in [3.05, 3.63) is 71.5 Å². The molecule has 0 atom stereocenters. The summed E-state index contributed by atoms with van der Waals surface area (Å²) >= 11 is 5.81. The molecule has 30 heavy (non-hydrogen) atoms. The fourth-order valence-corrected chi connectivity index (χ4v) is 3.65. The number of benzene rings is 1. The number of hydrogen-bond donors (Lipinski definition) is 0. The number of pyridine rings is 1. The van der Waals surface area contributed by atoms with Gasteiger partial charge >= 0.3 is 0 Å². The van der Waals surface area contributed by atoms with Crippen LogP contribution in [0, 0.1) is 0 Å². The van der Waals surface area contributed by atoms with Crippen LogP contribution in [0.1, 0.15) is 10.4 Å². The Morgan fingerprint density at radius 2 is 1.70 bits per heavy atom. The number of fused-ring (bicyclic) bond motifs is 1. The lowest BCUT2D eigenvalue weighted by Gasteiger charge is -2.35. The number of nitrogens with zero attached hydrogens (tertiary/aromatic N) is 7. The summed E-state index contributed by atoms with van der Waals surface area (Å²) in [7, 11) is 0. The van der Waals surface area contributed by atoms with Crippen molar-refractivity contribution in [2.24, 2.45) is 0 Å². The predicted octanol–water partition coefficient (Wildman–Crippen LogP) is 2.80. The van der Waals surface area contributed by atoms with Crippen LogP contribution in [0.3, 0.4) is 0 Å². The van der Waals surface area contributed by atoms with Crippen LogP contribution < -0.4 is 4.90 Å². The van der Waals surface area contributed by atoms with E-state index in [1.807, 2.05) is 47.4 Å². The third-order valence-electron chi connectivity index (χ3n) is 5.15. The molecule has 0 saturated carbocycles. The molecule has 4 heterocycles. The summed E-state index contributed by atoms with van der Waals surface area (Å²) in [6.07, 6.45) is 1.52. The second-order valence-corrected chi connectivity index (χ2v) is 7.39. The zero-order valence-corrected chi connectivity index (χ0v) is 16.8. The van der Waals surface area contributed by atoms with Gasteiger partial charge in [-0.1, -0.05) is 41.9 Å². The van der Waals surface area contributed by atoms with Crippen molar-refractivity contribution in [3.63, 3.8) is 0 Å². The second-order valence-electron chi connectivity index (χ2n) is 7.00. The lowest BCUT2D eigenvalue weighted by atomic mass is 10.2. The topological polar surface area (TPSA) is 79.5 Å². The Kier molecular flexibility index (Phi) is 4.76. The second kappa shape index (κ2) is 7.72. The van der Waals surface area contributed by atoms with Crippen molar-refractivity contribution in [1.82, 2.24) is 29.7 Å². The zero-order chi connectivity index (χ0) is 20.5. The number of carbonyl (C=O) groups is 1. The Balaban J connectivity index is 1.33. The lowest BCUT2D eigenvalue weighted by Crippen LogP contribution is -2.49. The summed E-state index contributed by atoms with van der Waals surface area (Å²) in [5.74, 6) is 1.50. The Morgan fingerprint density at radius 3 is 2.43 bits per heavy atom. The van der Waals surface area contributed by atoms with E-state index in [2.05, 4.69) is 20.1 Å². The van der Waals surface area contributed by atoms with Crippen molar-refractivity contribution in [3.8, 4) is 11.4 Å². The molecule has 0 radical (unpaired) electrons. The van der Waals surface area contributed by atoms with Crippen molar-refractivity contribution in [1.29, 1.82) is 0 Å². The summed E-state index contributed by atoms with van der Waals surface area (Å²) in [5, 5.41) is 13.6. The molecular formula is C21H18ClN7O. The van der Waals surface area contributed by atoms with Gasteiger partial charge in [0, 0.05) is 37.9 Å². The highest BCUT2D eigenvalue weighted by atomic mass is 35.5. The molecule has 4 aromatic rings. The van der Waals surface area contributed by atoms with Crippen LogP contribution in [-0.2, 0) is 0 Å². The summed E-state index contributed by atoms with van der Waals surface area (Å²) in [6.45, 7) is 2.59. The van der Waals surface area contributed by atoms with Crippen LogP contribution in [0.15, 0.2) is 60.8 Å². The minimum Gasteiger partial charge on any atom is -0.352 e. The maximum atomic E-state index is 12.7. The first-order valence-electron chi connectivity index (χ1n) is 9.63. The van der Waals surface area contributed by atoms with Crippen LogP contribution in [0.25, 0.3) is 17.0 Å². The van der Waals surface area contributed by atoms with Crippen molar-refractivity contribution < 1.29 is 4.79 Å². The molecule has 0 spiro atoms. The van der Waals surface area contributed by atoms with Gasteiger partial charge in [0.25, 0.3) is 5.91 Å². The first-order chi connectivity index (χ1) is 14.7. The third-order valence-corrected chi connectivity index (χ3v) is 5.37. The van der Waals surface area contributed by atoms with E-state index in [1.54, 1.807) is 16.6 Å². The van der Waals surface area contributed by atoms with Crippen molar-refractivity contribution in [2.45, 2.75) is 0 Å². The van der Waals surface area contributed by atoms with E-state index in [-0.39, 0.29) is 5.91 Å². The number of piperazine rings is 1. The highest BCUT2D eigenvalue weighted by molar-refractivity contribution is 6.29. The number of anilines is 1.